The molecule has 1 aliphatic heterocycles. The zero-order valence-corrected chi connectivity index (χ0v) is 20.1. The average Bonchev–Trinajstić information content (AvgIpc) is 3.28. The zero-order chi connectivity index (χ0) is 24.1. The van der Waals surface area contributed by atoms with Crippen molar-refractivity contribution in [3.8, 4) is 0 Å². The molecular formula is C25H29ClN6O2. The lowest BCUT2D eigenvalue weighted by Crippen LogP contribution is -2.42. The quantitative estimate of drug-likeness (QED) is 0.482. The van der Waals surface area contributed by atoms with Gasteiger partial charge in [0.1, 0.15) is 0 Å². The van der Waals surface area contributed by atoms with Gasteiger partial charge in [0.25, 0.3) is 0 Å². The van der Waals surface area contributed by atoms with Crippen molar-refractivity contribution in [1.82, 2.24) is 20.1 Å². The van der Waals surface area contributed by atoms with Gasteiger partial charge >= 0.3 is 12.1 Å². The first-order chi connectivity index (χ1) is 16.4. The Bertz CT molecular complexity index is 1170. The number of aryl methyl sites for hydroxylation is 1. The SMILES string of the molecule is Cc1cc(NC(=O)NCCN2CCC(N(C)C(=O)Nc3ccc(Cl)cc3)C2)c2ccccc2n1. The van der Waals surface area contributed by atoms with E-state index in [1.807, 2.05) is 44.3 Å². The molecule has 1 unspecified atom stereocenters. The summed E-state index contributed by atoms with van der Waals surface area (Å²) in [6, 6.07) is 16.4. The van der Waals surface area contributed by atoms with Gasteiger partial charge in [0.05, 0.1) is 11.2 Å². The van der Waals surface area contributed by atoms with Crippen molar-refractivity contribution in [1.29, 1.82) is 0 Å². The van der Waals surface area contributed by atoms with Gasteiger partial charge in [-0.3, -0.25) is 9.88 Å². The van der Waals surface area contributed by atoms with Gasteiger partial charge in [-0.05, 0) is 49.7 Å². The molecule has 1 saturated heterocycles. The van der Waals surface area contributed by atoms with Gasteiger partial charge in [0, 0.05) is 61.1 Å². The molecule has 178 valence electrons. The number of nitrogens with zero attached hydrogens (tertiary/aromatic N) is 3. The summed E-state index contributed by atoms with van der Waals surface area (Å²) in [5.41, 5.74) is 3.16. The molecule has 0 spiro atoms. The maximum Gasteiger partial charge on any atom is 0.321 e. The largest absolute Gasteiger partial charge is 0.337 e. The van der Waals surface area contributed by atoms with Crippen molar-refractivity contribution in [2.75, 3.05) is 43.9 Å². The van der Waals surface area contributed by atoms with E-state index >= 15 is 0 Å². The second-order valence-corrected chi connectivity index (χ2v) is 8.94. The highest BCUT2D eigenvalue weighted by molar-refractivity contribution is 6.30. The van der Waals surface area contributed by atoms with E-state index in [0.717, 1.165) is 41.8 Å². The third-order valence-corrected chi connectivity index (χ3v) is 6.27. The summed E-state index contributed by atoms with van der Waals surface area (Å²) in [4.78, 5) is 33.5. The average molecular weight is 481 g/mol. The number of hydrogen-bond donors (Lipinski definition) is 3. The van der Waals surface area contributed by atoms with E-state index < -0.39 is 0 Å². The molecule has 1 atom stereocenters. The van der Waals surface area contributed by atoms with Crippen LogP contribution in [0.15, 0.2) is 54.6 Å². The normalized spacial score (nSPS) is 15.8. The van der Waals surface area contributed by atoms with Gasteiger partial charge in [-0.25, -0.2) is 9.59 Å². The van der Waals surface area contributed by atoms with Crippen LogP contribution in [0.2, 0.25) is 5.02 Å². The van der Waals surface area contributed by atoms with Crippen LogP contribution in [0.1, 0.15) is 12.1 Å². The fourth-order valence-electron chi connectivity index (χ4n) is 4.15. The van der Waals surface area contributed by atoms with Crippen LogP contribution < -0.4 is 16.0 Å². The van der Waals surface area contributed by atoms with Crippen LogP contribution in [0.25, 0.3) is 10.9 Å². The molecule has 0 saturated carbocycles. The number of carbonyl (C=O) groups excluding carboxylic acids is 2. The minimum absolute atomic E-state index is 0.118. The number of likely N-dealkylation sites (N-methyl/N-ethyl adjacent to an activating group) is 1. The highest BCUT2D eigenvalue weighted by atomic mass is 35.5. The number of aromatic nitrogens is 1. The molecular weight excluding hydrogens is 452 g/mol. The Morgan fingerprint density at radius 1 is 1.15 bits per heavy atom. The summed E-state index contributed by atoms with van der Waals surface area (Å²) < 4.78 is 0. The molecule has 4 amide bonds. The van der Waals surface area contributed by atoms with Crippen LogP contribution >= 0.6 is 11.6 Å². The topological polar surface area (TPSA) is 89.6 Å². The summed E-state index contributed by atoms with van der Waals surface area (Å²) in [5, 5.41) is 10.3. The number of likely N-dealkylation sites (tertiary alicyclic amines) is 1. The lowest BCUT2D eigenvalue weighted by Gasteiger charge is -2.25. The summed E-state index contributed by atoms with van der Waals surface area (Å²) >= 11 is 5.90. The molecule has 0 bridgehead atoms. The number of nitrogens with one attached hydrogen (secondary N) is 3. The van der Waals surface area contributed by atoms with Crippen molar-refractivity contribution in [3.05, 3.63) is 65.3 Å². The van der Waals surface area contributed by atoms with Crippen LogP contribution in [-0.2, 0) is 0 Å². The number of carbonyl (C=O) groups is 2. The number of hydrogen-bond acceptors (Lipinski definition) is 4. The molecule has 2 heterocycles. The van der Waals surface area contributed by atoms with Gasteiger partial charge in [-0.2, -0.15) is 0 Å². The van der Waals surface area contributed by atoms with E-state index in [4.69, 9.17) is 11.6 Å². The first kappa shape index (κ1) is 23.8. The van der Waals surface area contributed by atoms with Gasteiger partial charge < -0.3 is 20.9 Å². The number of benzene rings is 2. The predicted molar refractivity (Wildman–Crippen MR) is 137 cm³/mol. The van der Waals surface area contributed by atoms with Crippen molar-refractivity contribution in [2.24, 2.45) is 0 Å². The molecule has 1 aromatic heterocycles. The highest BCUT2D eigenvalue weighted by Crippen LogP contribution is 2.23. The molecule has 1 aliphatic rings. The standard InChI is InChI=1S/C25H29ClN6O2/c1-17-15-23(21-5-3-4-6-22(21)28-17)30-24(33)27-12-14-32-13-11-20(16-32)31(2)25(34)29-19-9-7-18(26)8-10-19/h3-10,15,20H,11-14,16H2,1-2H3,(H,29,34)(H2,27,28,30,33). The van der Waals surface area contributed by atoms with Crippen LogP contribution in [0.3, 0.4) is 0 Å². The van der Waals surface area contributed by atoms with Crippen LogP contribution in [-0.4, -0.2) is 66.1 Å². The van der Waals surface area contributed by atoms with Crippen molar-refractivity contribution >= 4 is 45.9 Å². The third-order valence-electron chi connectivity index (χ3n) is 6.02. The lowest BCUT2D eigenvalue weighted by molar-refractivity contribution is 0.202. The molecule has 0 aliphatic carbocycles. The predicted octanol–water partition coefficient (Wildman–Crippen LogP) is 4.56. The summed E-state index contributed by atoms with van der Waals surface area (Å²) in [5.74, 6) is 0. The number of urea groups is 2. The van der Waals surface area contributed by atoms with Crippen molar-refractivity contribution in [3.63, 3.8) is 0 Å². The number of pyridine rings is 1. The zero-order valence-electron chi connectivity index (χ0n) is 19.3. The fraction of sp³-hybridized carbons (Fsp3) is 0.320. The minimum Gasteiger partial charge on any atom is -0.337 e. The molecule has 0 radical (unpaired) electrons. The first-order valence-corrected chi connectivity index (χ1v) is 11.7. The molecule has 3 N–H and O–H groups in total. The number of anilines is 2. The van der Waals surface area contributed by atoms with E-state index in [2.05, 4.69) is 25.8 Å². The van der Waals surface area contributed by atoms with E-state index in [9.17, 15) is 9.59 Å². The number of rotatable bonds is 6. The third kappa shape index (κ3) is 5.95. The molecule has 3 aromatic rings. The Labute approximate surface area is 204 Å². The second kappa shape index (κ2) is 10.7. The maximum atomic E-state index is 12.6. The Morgan fingerprint density at radius 2 is 1.91 bits per heavy atom. The number of para-hydroxylation sites is 1. The van der Waals surface area contributed by atoms with Crippen LogP contribution in [0, 0.1) is 6.92 Å². The van der Waals surface area contributed by atoms with Gasteiger partial charge in [0.15, 0.2) is 0 Å². The minimum atomic E-state index is -0.244. The highest BCUT2D eigenvalue weighted by Gasteiger charge is 2.28. The Balaban J connectivity index is 1.22. The molecule has 9 heteroatoms. The summed E-state index contributed by atoms with van der Waals surface area (Å²) in [6.07, 6.45) is 0.888. The monoisotopic (exact) mass is 480 g/mol. The second-order valence-electron chi connectivity index (χ2n) is 8.50. The Kier molecular flexibility index (Phi) is 7.49. The Hall–Kier alpha value is -3.36. The number of amides is 4. The number of halogens is 1. The molecule has 8 nitrogen and oxygen atoms in total. The van der Waals surface area contributed by atoms with Crippen molar-refractivity contribution < 1.29 is 9.59 Å². The molecule has 1 fully saturated rings. The van der Waals surface area contributed by atoms with Gasteiger partial charge in [0.2, 0.25) is 0 Å². The number of fused-ring (bicyclic) bond motifs is 1. The lowest BCUT2D eigenvalue weighted by atomic mass is 10.1. The summed E-state index contributed by atoms with van der Waals surface area (Å²) in [6.45, 7) is 4.78. The molecule has 34 heavy (non-hydrogen) atoms. The van der Waals surface area contributed by atoms with E-state index in [-0.39, 0.29) is 18.1 Å². The first-order valence-electron chi connectivity index (χ1n) is 11.3. The Morgan fingerprint density at radius 3 is 2.71 bits per heavy atom. The molecule has 2 aromatic carbocycles. The van der Waals surface area contributed by atoms with Gasteiger partial charge in [-0.15, -0.1) is 0 Å². The summed E-state index contributed by atoms with van der Waals surface area (Å²) in [7, 11) is 1.81. The van der Waals surface area contributed by atoms with Gasteiger partial charge in [-0.1, -0.05) is 29.8 Å². The van der Waals surface area contributed by atoms with Crippen LogP contribution in [0.5, 0.6) is 0 Å². The smallest absolute Gasteiger partial charge is 0.321 e. The maximum absolute atomic E-state index is 12.6. The van der Waals surface area contributed by atoms with E-state index in [1.54, 1.807) is 29.2 Å². The molecule has 4 rings (SSSR count). The van der Waals surface area contributed by atoms with Crippen molar-refractivity contribution in [2.45, 2.75) is 19.4 Å². The fourth-order valence-corrected chi connectivity index (χ4v) is 4.27. The van der Waals surface area contributed by atoms with E-state index in [0.29, 0.717) is 23.8 Å². The van der Waals surface area contributed by atoms with Crippen LogP contribution in [0.4, 0.5) is 21.0 Å². The van der Waals surface area contributed by atoms with E-state index in [1.165, 1.54) is 0 Å².